The number of imide groups is 1. The van der Waals surface area contributed by atoms with Gasteiger partial charge in [0, 0.05) is 40.7 Å². The molecule has 0 fully saturated rings. The molecule has 0 aromatic heterocycles. The number of hydrogen-bond donors (Lipinski definition) is 0. The molecule has 3 aromatic rings. The molecule has 2 amide bonds. The van der Waals surface area contributed by atoms with Crippen molar-refractivity contribution in [2.24, 2.45) is 0 Å². The number of anilines is 2. The Balaban J connectivity index is 1.99. The molecule has 0 spiro atoms. The molecule has 4 rings (SSSR count). The van der Waals surface area contributed by atoms with Crippen molar-refractivity contribution in [2.75, 3.05) is 22.9 Å². The Morgan fingerprint density at radius 3 is 1.81 bits per heavy atom. The highest BCUT2D eigenvalue weighted by atomic mass is 16.2. The number of para-hydroxylation sites is 1. The van der Waals surface area contributed by atoms with Crippen LogP contribution in [0.15, 0.2) is 48.5 Å². The molecule has 0 saturated carbocycles. The summed E-state index contributed by atoms with van der Waals surface area (Å²) in [5, 5.41) is 1.74. The first-order valence-electron chi connectivity index (χ1n) is 11.6. The summed E-state index contributed by atoms with van der Waals surface area (Å²) in [5.41, 5.74) is 5.05. The van der Waals surface area contributed by atoms with Gasteiger partial charge >= 0.3 is 0 Å². The molecule has 4 heteroatoms. The van der Waals surface area contributed by atoms with Crippen molar-refractivity contribution in [1.82, 2.24) is 0 Å². The zero-order chi connectivity index (χ0) is 23.2. The third-order valence-corrected chi connectivity index (χ3v) is 6.55. The van der Waals surface area contributed by atoms with Crippen LogP contribution in [0.2, 0.25) is 0 Å². The monoisotopic (exact) mass is 428 g/mol. The minimum atomic E-state index is -0.236. The van der Waals surface area contributed by atoms with Gasteiger partial charge in [-0.3, -0.25) is 9.59 Å². The largest absolute Gasteiger partial charge is 0.372 e. The molecular formula is C28H32N2O2. The summed E-state index contributed by atoms with van der Waals surface area (Å²) < 4.78 is 0. The highest BCUT2D eigenvalue weighted by Crippen LogP contribution is 2.42. The van der Waals surface area contributed by atoms with Crippen LogP contribution in [0.4, 0.5) is 11.4 Å². The fourth-order valence-corrected chi connectivity index (χ4v) is 4.89. The molecule has 0 N–H and O–H groups in total. The molecule has 166 valence electrons. The number of rotatable bonds is 6. The van der Waals surface area contributed by atoms with Crippen molar-refractivity contribution in [3.8, 4) is 0 Å². The van der Waals surface area contributed by atoms with E-state index >= 15 is 0 Å². The van der Waals surface area contributed by atoms with E-state index in [1.165, 1.54) is 4.90 Å². The van der Waals surface area contributed by atoms with Gasteiger partial charge in [-0.1, -0.05) is 58.0 Å². The van der Waals surface area contributed by atoms with Gasteiger partial charge in [-0.15, -0.1) is 0 Å². The molecule has 4 nitrogen and oxygen atoms in total. The Bertz CT molecular complexity index is 1160. The van der Waals surface area contributed by atoms with Gasteiger partial charge in [0.15, 0.2) is 0 Å². The van der Waals surface area contributed by atoms with Crippen LogP contribution in [-0.2, 0) is 0 Å². The summed E-state index contributed by atoms with van der Waals surface area (Å²) in [5.74, 6) is -0.0994. The molecule has 1 heterocycles. The summed E-state index contributed by atoms with van der Waals surface area (Å²) in [6.07, 6.45) is 0. The predicted molar refractivity (Wildman–Crippen MR) is 133 cm³/mol. The molecule has 1 aliphatic rings. The van der Waals surface area contributed by atoms with Crippen LogP contribution in [0.3, 0.4) is 0 Å². The lowest BCUT2D eigenvalue weighted by Crippen LogP contribution is -2.42. The van der Waals surface area contributed by atoms with E-state index in [4.69, 9.17) is 0 Å². The van der Waals surface area contributed by atoms with Gasteiger partial charge in [0.25, 0.3) is 11.8 Å². The molecule has 0 radical (unpaired) electrons. The van der Waals surface area contributed by atoms with E-state index in [1.807, 2.05) is 48.5 Å². The van der Waals surface area contributed by atoms with Crippen LogP contribution in [0.5, 0.6) is 0 Å². The second-order valence-corrected chi connectivity index (χ2v) is 9.07. The quantitative estimate of drug-likeness (QED) is 0.409. The minimum Gasteiger partial charge on any atom is -0.372 e. The van der Waals surface area contributed by atoms with E-state index in [2.05, 4.69) is 46.4 Å². The van der Waals surface area contributed by atoms with Gasteiger partial charge in [-0.2, -0.15) is 0 Å². The predicted octanol–water partition coefficient (Wildman–Crippen LogP) is 6.73. The third-order valence-electron chi connectivity index (χ3n) is 6.55. The maximum Gasteiger partial charge on any atom is 0.266 e. The Kier molecular flexibility index (Phi) is 5.81. The summed E-state index contributed by atoms with van der Waals surface area (Å²) in [7, 11) is 0. The molecule has 0 atom stereocenters. The zero-order valence-electron chi connectivity index (χ0n) is 19.9. The van der Waals surface area contributed by atoms with Crippen molar-refractivity contribution >= 4 is 34.0 Å². The van der Waals surface area contributed by atoms with E-state index in [0.29, 0.717) is 11.1 Å². The lowest BCUT2D eigenvalue weighted by molar-refractivity contribution is 0.0893. The Morgan fingerprint density at radius 2 is 1.28 bits per heavy atom. The van der Waals surface area contributed by atoms with Crippen LogP contribution >= 0.6 is 0 Å². The maximum absolute atomic E-state index is 13.9. The van der Waals surface area contributed by atoms with Crippen LogP contribution in [0, 0.1) is 0 Å². The van der Waals surface area contributed by atoms with Crippen molar-refractivity contribution in [1.29, 1.82) is 0 Å². The van der Waals surface area contributed by atoms with E-state index in [1.54, 1.807) is 0 Å². The summed E-state index contributed by atoms with van der Waals surface area (Å²) >= 11 is 0. The maximum atomic E-state index is 13.9. The SMILES string of the molecule is CCN(CC)c1ccc2c3c(cccc13)C(=O)N(c1c(C(C)C)cccc1C(C)C)C2=O. The first-order chi connectivity index (χ1) is 15.3. The van der Waals surface area contributed by atoms with Crippen molar-refractivity contribution in [2.45, 2.75) is 53.4 Å². The van der Waals surface area contributed by atoms with Crippen LogP contribution in [-0.4, -0.2) is 24.9 Å². The van der Waals surface area contributed by atoms with E-state index < -0.39 is 0 Å². The molecule has 1 aliphatic heterocycles. The van der Waals surface area contributed by atoms with Gasteiger partial charge in [0.05, 0.1) is 5.69 Å². The number of nitrogens with zero attached hydrogens (tertiary/aromatic N) is 2. The first-order valence-corrected chi connectivity index (χ1v) is 11.6. The zero-order valence-corrected chi connectivity index (χ0v) is 19.9. The lowest BCUT2D eigenvalue weighted by Gasteiger charge is -2.33. The van der Waals surface area contributed by atoms with Crippen molar-refractivity contribution in [3.05, 3.63) is 70.8 Å². The van der Waals surface area contributed by atoms with Gasteiger partial charge in [-0.25, -0.2) is 4.90 Å². The van der Waals surface area contributed by atoms with Crippen LogP contribution in [0.1, 0.15) is 85.2 Å². The fraction of sp³-hybridized carbons (Fsp3) is 0.357. The Morgan fingerprint density at radius 1 is 0.750 bits per heavy atom. The third kappa shape index (κ3) is 3.29. The second kappa shape index (κ2) is 8.42. The fourth-order valence-electron chi connectivity index (χ4n) is 4.89. The average Bonchev–Trinajstić information content (AvgIpc) is 2.78. The van der Waals surface area contributed by atoms with E-state index in [-0.39, 0.29) is 23.7 Å². The van der Waals surface area contributed by atoms with Crippen LogP contribution in [0.25, 0.3) is 10.8 Å². The molecule has 32 heavy (non-hydrogen) atoms. The van der Waals surface area contributed by atoms with E-state index in [0.717, 1.165) is 46.4 Å². The molecule has 3 aromatic carbocycles. The molecule has 0 unspecified atom stereocenters. The standard InChI is InChI=1S/C28H32N2O2/c1-7-29(8-2)24-16-15-23-25-21(24)13-10-14-22(25)27(31)30(28(23)32)26-19(17(3)4)11-9-12-20(26)18(5)6/h9-18H,7-8H2,1-6H3. The Labute approximate surface area is 190 Å². The number of carbonyl (C=O) groups excluding carboxylic acids is 2. The topological polar surface area (TPSA) is 40.6 Å². The summed E-state index contributed by atoms with van der Waals surface area (Å²) in [4.78, 5) is 31.4. The minimum absolute atomic E-state index is 0.187. The van der Waals surface area contributed by atoms with Crippen molar-refractivity contribution < 1.29 is 9.59 Å². The number of hydrogen-bond acceptors (Lipinski definition) is 3. The van der Waals surface area contributed by atoms with Crippen molar-refractivity contribution in [3.63, 3.8) is 0 Å². The molecule has 0 aliphatic carbocycles. The van der Waals surface area contributed by atoms with Gasteiger partial charge in [0.2, 0.25) is 0 Å². The molecule has 0 bridgehead atoms. The highest BCUT2D eigenvalue weighted by molar-refractivity contribution is 6.36. The number of benzene rings is 3. The first kappa shape index (κ1) is 22.1. The number of amides is 2. The molecular weight excluding hydrogens is 396 g/mol. The second-order valence-electron chi connectivity index (χ2n) is 9.07. The van der Waals surface area contributed by atoms with Crippen LogP contribution < -0.4 is 9.80 Å². The lowest BCUT2D eigenvalue weighted by atomic mass is 9.88. The summed E-state index contributed by atoms with van der Waals surface area (Å²) in [6, 6.07) is 15.8. The van der Waals surface area contributed by atoms with Gasteiger partial charge in [0.1, 0.15) is 0 Å². The highest BCUT2D eigenvalue weighted by Gasteiger charge is 2.37. The van der Waals surface area contributed by atoms with Gasteiger partial charge in [-0.05, 0) is 55.0 Å². The normalized spacial score (nSPS) is 13.6. The number of carbonyl (C=O) groups is 2. The average molecular weight is 429 g/mol. The van der Waals surface area contributed by atoms with E-state index in [9.17, 15) is 9.59 Å². The summed E-state index contributed by atoms with van der Waals surface area (Å²) in [6.45, 7) is 14.4. The smallest absolute Gasteiger partial charge is 0.266 e. The van der Waals surface area contributed by atoms with Gasteiger partial charge < -0.3 is 4.90 Å². The Hall–Kier alpha value is -3.14. The molecule has 0 saturated heterocycles.